The van der Waals surface area contributed by atoms with E-state index in [4.69, 9.17) is 0 Å². The van der Waals surface area contributed by atoms with E-state index >= 15 is 0 Å². The standard InChI is InChI=1S/C26H27FN6O2S/c1-4-31(5-2)19-10-11-22(16(3)12-19)29-23(34)13-20-15-36-26-30-24-21(25(35)32(20)26)14-28-33(24)18-8-6-17(27)7-9-18/h6-12,14,20H,4-5,13,15H2,1-3H3,(H,29,34). The summed E-state index contributed by atoms with van der Waals surface area (Å²) in [4.78, 5) is 33.2. The highest BCUT2D eigenvalue weighted by Gasteiger charge is 2.29. The molecule has 1 aliphatic rings. The number of halogens is 1. The maximum atomic E-state index is 13.3. The molecule has 1 N–H and O–H groups in total. The largest absolute Gasteiger partial charge is 0.372 e. The van der Waals surface area contributed by atoms with Crippen molar-refractivity contribution in [2.75, 3.05) is 29.1 Å². The summed E-state index contributed by atoms with van der Waals surface area (Å²) >= 11 is 1.44. The van der Waals surface area contributed by atoms with Crippen LogP contribution in [0.15, 0.2) is 58.6 Å². The number of fused-ring (bicyclic) bond motifs is 2. The van der Waals surface area contributed by atoms with Gasteiger partial charge >= 0.3 is 0 Å². The van der Waals surface area contributed by atoms with E-state index in [0.29, 0.717) is 27.6 Å². The number of nitrogens with one attached hydrogen (secondary N) is 1. The monoisotopic (exact) mass is 506 g/mol. The molecule has 0 saturated carbocycles. The summed E-state index contributed by atoms with van der Waals surface area (Å²) in [5, 5.41) is 8.22. The number of rotatable bonds is 7. The summed E-state index contributed by atoms with van der Waals surface area (Å²) in [7, 11) is 0. The number of nitrogens with zero attached hydrogens (tertiary/aromatic N) is 5. The molecule has 0 aliphatic carbocycles. The molecule has 0 fully saturated rings. The number of carbonyl (C=O) groups excluding carboxylic acids is 1. The van der Waals surface area contributed by atoms with E-state index in [2.05, 4.69) is 40.2 Å². The maximum absolute atomic E-state index is 13.3. The lowest BCUT2D eigenvalue weighted by atomic mass is 10.1. The van der Waals surface area contributed by atoms with Crippen molar-refractivity contribution in [2.24, 2.45) is 0 Å². The van der Waals surface area contributed by atoms with Crippen molar-refractivity contribution in [3.8, 4) is 5.69 Å². The highest BCUT2D eigenvalue weighted by molar-refractivity contribution is 7.99. The van der Waals surface area contributed by atoms with Gasteiger partial charge in [-0.15, -0.1) is 0 Å². The molecule has 1 unspecified atom stereocenters. The molecule has 8 nitrogen and oxygen atoms in total. The Morgan fingerprint density at radius 3 is 2.64 bits per heavy atom. The average molecular weight is 507 g/mol. The molecule has 2 aromatic heterocycles. The molecule has 186 valence electrons. The first-order valence-corrected chi connectivity index (χ1v) is 12.9. The van der Waals surface area contributed by atoms with Gasteiger partial charge in [0.1, 0.15) is 11.2 Å². The molecule has 5 rings (SSSR count). The second-order valence-electron chi connectivity index (χ2n) is 8.73. The molecule has 36 heavy (non-hydrogen) atoms. The van der Waals surface area contributed by atoms with Gasteiger partial charge in [-0.05, 0) is 68.8 Å². The van der Waals surface area contributed by atoms with Crippen molar-refractivity contribution in [1.82, 2.24) is 19.3 Å². The first-order valence-electron chi connectivity index (χ1n) is 11.9. The topological polar surface area (TPSA) is 85.1 Å². The predicted octanol–water partition coefficient (Wildman–Crippen LogP) is 4.55. The SMILES string of the molecule is CCN(CC)c1ccc(NC(=O)CC2CSc3nc4c(cnn4-c4ccc(F)cc4)c(=O)n32)c(C)c1. The van der Waals surface area contributed by atoms with Crippen molar-refractivity contribution in [2.45, 2.75) is 38.4 Å². The van der Waals surface area contributed by atoms with Crippen molar-refractivity contribution in [1.29, 1.82) is 0 Å². The Bertz CT molecular complexity index is 1490. The van der Waals surface area contributed by atoms with Crippen molar-refractivity contribution < 1.29 is 9.18 Å². The Kier molecular flexibility index (Phi) is 6.53. The molecule has 4 aromatic rings. The van der Waals surface area contributed by atoms with E-state index in [0.717, 1.165) is 30.0 Å². The fraction of sp³-hybridized carbons (Fsp3) is 0.308. The van der Waals surface area contributed by atoms with Crippen LogP contribution in [-0.2, 0) is 4.79 Å². The fourth-order valence-corrected chi connectivity index (χ4v) is 5.67. The van der Waals surface area contributed by atoms with Gasteiger partial charge in [0.05, 0.1) is 17.9 Å². The van der Waals surface area contributed by atoms with Gasteiger partial charge in [0.2, 0.25) is 5.91 Å². The lowest BCUT2D eigenvalue weighted by Crippen LogP contribution is -2.28. The van der Waals surface area contributed by atoms with Crippen LogP contribution in [0.1, 0.15) is 31.9 Å². The predicted molar refractivity (Wildman–Crippen MR) is 141 cm³/mol. The van der Waals surface area contributed by atoms with Gasteiger partial charge in [-0.3, -0.25) is 14.2 Å². The number of anilines is 2. The minimum atomic E-state index is -0.351. The lowest BCUT2D eigenvalue weighted by molar-refractivity contribution is -0.116. The molecule has 0 bridgehead atoms. The number of benzene rings is 2. The zero-order valence-corrected chi connectivity index (χ0v) is 21.2. The number of thioether (sulfide) groups is 1. The third kappa shape index (κ3) is 4.37. The Balaban J connectivity index is 1.37. The molecule has 1 amide bonds. The zero-order valence-electron chi connectivity index (χ0n) is 20.4. The number of amides is 1. The van der Waals surface area contributed by atoms with Crippen LogP contribution < -0.4 is 15.8 Å². The summed E-state index contributed by atoms with van der Waals surface area (Å²) in [5.41, 5.74) is 3.68. The van der Waals surface area contributed by atoms with Crippen LogP contribution in [0.3, 0.4) is 0 Å². The molecular formula is C26H27FN6O2S. The van der Waals surface area contributed by atoms with Gasteiger partial charge in [-0.1, -0.05) is 11.8 Å². The van der Waals surface area contributed by atoms with Gasteiger partial charge in [0, 0.05) is 36.6 Å². The van der Waals surface area contributed by atoms with Crippen LogP contribution in [0, 0.1) is 12.7 Å². The second kappa shape index (κ2) is 9.77. The van der Waals surface area contributed by atoms with Gasteiger partial charge in [0.25, 0.3) is 5.56 Å². The average Bonchev–Trinajstić information content (AvgIpc) is 3.47. The molecule has 0 spiro atoms. The summed E-state index contributed by atoms with van der Waals surface area (Å²) < 4.78 is 16.5. The van der Waals surface area contributed by atoms with Crippen LogP contribution in [0.25, 0.3) is 16.7 Å². The smallest absolute Gasteiger partial charge is 0.265 e. The van der Waals surface area contributed by atoms with Crippen molar-refractivity contribution >= 4 is 40.1 Å². The number of carbonyl (C=O) groups is 1. The van der Waals surface area contributed by atoms with Crippen LogP contribution in [0.4, 0.5) is 15.8 Å². The Hall–Kier alpha value is -3.66. The van der Waals surface area contributed by atoms with E-state index in [9.17, 15) is 14.0 Å². The maximum Gasteiger partial charge on any atom is 0.265 e. The van der Waals surface area contributed by atoms with Gasteiger partial charge in [0.15, 0.2) is 10.8 Å². The quantitative estimate of drug-likeness (QED) is 0.370. The minimum absolute atomic E-state index is 0.152. The Morgan fingerprint density at radius 2 is 1.94 bits per heavy atom. The molecule has 1 atom stereocenters. The third-order valence-corrected chi connectivity index (χ3v) is 7.57. The second-order valence-corrected chi connectivity index (χ2v) is 9.72. The minimum Gasteiger partial charge on any atom is -0.372 e. The first kappa shape index (κ1) is 24.1. The third-order valence-electron chi connectivity index (χ3n) is 6.48. The Morgan fingerprint density at radius 1 is 1.19 bits per heavy atom. The lowest BCUT2D eigenvalue weighted by Gasteiger charge is -2.22. The van der Waals surface area contributed by atoms with Gasteiger partial charge < -0.3 is 10.2 Å². The van der Waals surface area contributed by atoms with Crippen molar-refractivity contribution in [3.63, 3.8) is 0 Å². The molecule has 10 heteroatoms. The molecule has 3 heterocycles. The van der Waals surface area contributed by atoms with E-state index in [1.54, 1.807) is 16.7 Å². The molecule has 2 aromatic carbocycles. The van der Waals surface area contributed by atoms with Crippen LogP contribution in [-0.4, -0.2) is 44.1 Å². The molecular weight excluding hydrogens is 479 g/mol. The normalized spacial score (nSPS) is 14.7. The van der Waals surface area contributed by atoms with Crippen LogP contribution in [0.2, 0.25) is 0 Å². The summed E-state index contributed by atoms with van der Waals surface area (Å²) in [6.45, 7) is 8.04. The Labute approximate surface area is 212 Å². The highest BCUT2D eigenvalue weighted by Crippen LogP contribution is 2.34. The summed E-state index contributed by atoms with van der Waals surface area (Å²) in [6, 6.07) is 11.6. The van der Waals surface area contributed by atoms with E-state index in [1.807, 2.05) is 19.1 Å². The number of hydrogen-bond donors (Lipinski definition) is 1. The zero-order chi connectivity index (χ0) is 25.4. The number of aromatic nitrogens is 4. The summed E-state index contributed by atoms with van der Waals surface area (Å²) in [5.74, 6) is 0.0727. The van der Waals surface area contributed by atoms with Gasteiger partial charge in [-0.2, -0.15) is 5.10 Å². The fourth-order valence-electron chi connectivity index (χ4n) is 4.54. The highest BCUT2D eigenvalue weighted by atomic mass is 32.2. The van der Waals surface area contributed by atoms with Crippen LogP contribution in [0.5, 0.6) is 0 Å². The molecule has 1 aliphatic heterocycles. The summed E-state index contributed by atoms with van der Waals surface area (Å²) in [6.07, 6.45) is 1.64. The molecule has 0 saturated heterocycles. The first-order chi connectivity index (χ1) is 17.4. The number of aryl methyl sites for hydroxylation is 1. The number of hydrogen-bond acceptors (Lipinski definition) is 6. The van der Waals surface area contributed by atoms with E-state index < -0.39 is 0 Å². The molecule has 0 radical (unpaired) electrons. The van der Waals surface area contributed by atoms with E-state index in [1.165, 1.54) is 34.8 Å². The van der Waals surface area contributed by atoms with E-state index in [-0.39, 0.29) is 29.7 Å². The van der Waals surface area contributed by atoms with Crippen molar-refractivity contribution in [3.05, 3.63) is 70.4 Å². The van der Waals surface area contributed by atoms with Crippen LogP contribution >= 0.6 is 11.8 Å². The van der Waals surface area contributed by atoms with Gasteiger partial charge in [-0.25, -0.2) is 14.1 Å².